The highest BCUT2D eigenvalue weighted by Crippen LogP contribution is 2.34. The number of thiazole rings is 1. The first-order chi connectivity index (χ1) is 8.69. The average molecular weight is 262 g/mol. The number of aryl methyl sites for hydroxylation is 1. The Kier molecular flexibility index (Phi) is 2.70. The van der Waals surface area contributed by atoms with Crippen LogP contribution in [0, 0.1) is 5.92 Å². The molecule has 1 aliphatic rings. The Morgan fingerprint density at radius 2 is 2.33 bits per heavy atom. The zero-order valence-corrected chi connectivity index (χ0v) is 10.9. The zero-order chi connectivity index (χ0) is 12.7. The van der Waals surface area contributed by atoms with Crippen LogP contribution >= 0.6 is 11.3 Å². The summed E-state index contributed by atoms with van der Waals surface area (Å²) in [7, 11) is 0. The van der Waals surface area contributed by atoms with Crippen molar-refractivity contribution in [3.63, 3.8) is 0 Å². The van der Waals surface area contributed by atoms with Gasteiger partial charge in [0.25, 0.3) is 0 Å². The van der Waals surface area contributed by atoms with E-state index in [1.165, 1.54) is 10.3 Å². The first-order valence-corrected chi connectivity index (χ1v) is 6.87. The molecule has 1 saturated heterocycles. The SMILES string of the molecule is CCc1cccc2sc(N3CC(C(=O)O)C3)nc12. The van der Waals surface area contributed by atoms with Gasteiger partial charge in [-0.25, -0.2) is 4.98 Å². The van der Waals surface area contributed by atoms with Crippen LogP contribution in [0.4, 0.5) is 5.13 Å². The van der Waals surface area contributed by atoms with Gasteiger partial charge < -0.3 is 10.0 Å². The third kappa shape index (κ3) is 1.75. The number of hydrogen-bond acceptors (Lipinski definition) is 4. The van der Waals surface area contributed by atoms with Crippen molar-refractivity contribution < 1.29 is 9.90 Å². The molecule has 0 radical (unpaired) electrons. The third-order valence-electron chi connectivity index (χ3n) is 3.37. The van der Waals surface area contributed by atoms with Gasteiger partial charge in [0.1, 0.15) is 0 Å². The number of fused-ring (bicyclic) bond motifs is 1. The first-order valence-electron chi connectivity index (χ1n) is 6.05. The van der Waals surface area contributed by atoms with Crippen molar-refractivity contribution in [1.82, 2.24) is 4.98 Å². The van der Waals surface area contributed by atoms with Gasteiger partial charge in [0.15, 0.2) is 5.13 Å². The number of benzene rings is 1. The number of para-hydroxylation sites is 1. The van der Waals surface area contributed by atoms with Crippen molar-refractivity contribution >= 4 is 32.7 Å². The fourth-order valence-corrected chi connectivity index (χ4v) is 3.24. The minimum Gasteiger partial charge on any atom is -0.481 e. The number of aliphatic carboxylic acids is 1. The van der Waals surface area contributed by atoms with E-state index < -0.39 is 5.97 Å². The molecule has 5 heteroatoms. The summed E-state index contributed by atoms with van der Waals surface area (Å²) < 4.78 is 1.18. The molecule has 0 saturated carbocycles. The normalized spacial score (nSPS) is 15.9. The van der Waals surface area contributed by atoms with Crippen molar-refractivity contribution in [2.24, 2.45) is 5.92 Å². The highest BCUT2D eigenvalue weighted by Gasteiger charge is 2.34. The van der Waals surface area contributed by atoms with E-state index in [2.05, 4.69) is 30.1 Å². The minimum absolute atomic E-state index is 0.234. The average Bonchev–Trinajstić information content (AvgIpc) is 2.69. The standard InChI is InChI=1S/C13H14N2O2S/c1-2-8-4-3-5-10-11(8)14-13(18-10)15-6-9(7-15)12(16)17/h3-5,9H,2,6-7H2,1H3,(H,16,17). The van der Waals surface area contributed by atoms with Crippen molar-refractivity contribution in [1.29, 1.82) is 0 Å². The van der Waals surface area contributed by atoms with E-state index in [-0.39, 0.29) is 5.92 Å². The fourth-order valence-electron chi connectivity index (χ4n) is 2.21. The topological polar surface area (TPSA) is 53.4 Å². The van der Waals surface area contributed by atoms with E-state index in [9.17, 15) is 4.79 Å². The second kappa shape index (κ2) is 4.24. The Bertz CT molecular complexity index is 602. The van der Waals surface area contributed by atoms with Crippen LogP contribution in [-0.2, 0) is 11.2 Å². The quantitative estimate of drug-likeness (QED) is 0.922. The summed E-state index contributed by atoms with van der Waals surface area (Å²) in [6, 6.07) is 6.23. The summed E-state index contributed by atoms with van der Waals surface area (Å²) >= 11 is 1.65. The molecule has 2 heterocycles. The predicted molar refractivity (Wildman–Crippen MR) is 72.3 cm³/mol. The van der Waals surface area contributed by atoms with Gasteiger partial charge in [0.2, 0.25) is 0 Å². The molecule has 1 aliphatic heterocycles. The summed E-state index contributed by atoms with van der Waals surface area (Å²) in [5, 5.41) is 9.82. The molecule has 0 bridgehead atoms. The maximum atomic E-state index is 10.8. The molecule has 94 valence electrons. The first kappa shape index (κ1) is 11.5. The highest BCUT2D eigenvalue weighted by molar-refractivity contribution is 7.22. The van der Waals surface area contributed by atoms with Gasteiger partial charge in [-0.15, -0.1) is 0 Å². The lowest BCUT2D eigenvalue weighted by Gasteiger charge is -2.36. The molecule has 1 aromatic carbocycles. The zero-order valence-electron chi connectivity index (χ0n) is 10.1. The van der Waals surface area contributed by atoms with Crippen LogP contribution in [0.15, 0.2) is 18.2 Å². The summed E-state index contributed by atoms with van der Waals surface area (Å²) in [6.45, 7) is 3.28. The minimum atomic E-state index is -0.707. The summed E-state index contributed by atoms with van der Waals surface area (Å²) in [6.07, 6.45) is 0.971. The van der Waals surface area contributed by atoms with E-state index >= 15 is 0 Å². The lowest BCUT2D eigenvalue weighted by Crippen LogP contribution is -2.50. The number of hydrogen-bond donors (Lipinski definition) is 1. The summed E-state index contributed by atoms with van der Waals surface area (Å²) in [5.74, 6) is -0.940. The van der Waals surface area contributed by atoms with E-state index in [4.69, 9.17) is 5.11 Å². The summed E-state index contributed by atoms with van der Waals surface area (Å²) in [5.41, 5.74) is 2.32. The maximum absolute atomic E-state index is 10.8. The summed E-state index contributed by atoms with van der Waals surface area (Å²) in [4.78, 5) is 17.5. The molecule has 2 aromatic rings. The van der Waals surface area contributed by atoms with Gasteiger partial charge in [-0.05, 0) is 18.1 Å². The van der Waals surface area contributed by atoms with Crippen LogP contribution in [-0.4, -0.2) is 29.1 Å². The molecular weight excluding hydrogens is 248 g/mol. The smallest absolute Gasteiger partial charge is 0.310 e. The Morgan fingerprint density at radius 3 is 3.00 bits per heavy atom. The number of carbonyl (C=O) groups is 1. The third-order valence-corrected chi connectivity index (χ3v) is 4.45. The van der Waals surface area contributed by atoms with Crippen molar-refractivity contribution in [2.45, 2.75) is 13.3 Å². The molecule has 0 unspecified atom stereocenters. The van der Waals surface area contributed by atoms with Crippen LogP contribution in [0.2, 0.25) is 0 Å². The molecule has 0 atom stereocenters. The van der Waals surface area contributed by atoms with E-state index in [1.807, 2.05) is 4.90 Å². The van der Waals surface area contributed by atoms with E-state index in [0.717, 1.165) is 17.1 Å². The lowest BCUT2D eigenvalue weighted by molar-refractivity contribution is -0.142. The van der Waals surface area contributed by atoms with Crippen molar-refractivity contribution in [2.75, 3.05) is 18.0 Å². The predicted octanol–water partition coefficient (Wildman–Crippen LogP) is 2.38. The van der Waals surface area contributed by atoms with Gasteiger partial charge in [-0.2, -0.15) is 0 Å². The van der Waals surface area contributed by atoms with Gasteiger partial charge in [-0.1, -0.05) is 30.4 Å². The van der Waals surface area contributed by atoms with Crippen molar-refractivity contribution in [3.05, 3.63) is 23.8 Å². The molecule has 0 spiro atoms. The van der Waals surface area contributed by atoms with Gasteiger partial charge >= 0.3 is 5.97 Å². The van der Waals surface area contributed by atoms with Crippen LogP contribution in [0.3, 0.4) is 0 Å². The number of anilines is 1. The fraction of sp³-hybridized carbons (Fsp3) is 0.385. The molecule has 4 nitrogen and oxygen atoms in total. The van der Waals surface area contributed by atoms with Crippen LogP contribution in [0.25, 0.3) is 10.2 Å². The lowest BCUT2D eigenvalue weighted by atomic mass is 10.0. The maximum Gasteiger partial charge on any atom is 0.310 e. The van der Waals surface area contributed by atoms with E-state index in [0.29, 0.717) is 13.1 Å². The van der Waals surface area contributed by atoms with Crippen molar-refractivity contribution in [3.8, 4) is 0 Å². The molecule has 1 N–H and O–H groups in total. The molecular formula is C13H14N2O2S. The second-order valence-corrected chi connectivity index (χ2v) is 5.56. The van der Waals surface area contributed by atoms with Crippen LogP contribution in [0.1, 0.15) is 12.5 Å². The highest BCUT2D eigenvalue weighted by atomic mass is 32.1. The number of carboxylic acid groups (broad SMARTS) is 1. The number of carboxylic acids is 1. The van der Waals surface area contributed by atoms with Crippen LogP contribution in [0.5, 0.6) is 0 Å². The number of nitrogens with zero attached hydrogens (tertiary/aromatic N) is 2. The monoisotopic (exact) mass is 262 g/mol. The van der Waals surface area contributed by atoms with Gasteiger partial charge in [0, 0.05) is 13.1 Å². The van der Waals surface area contributed by atoms with E-state index in [1.54, 1.807) is 11.3 Å². The largest absolute Gasteiger partial charge is 0.481 e. The number of aromatic nitrogens is 1. The van der Waals surface area contributed by atoms with Crippen LogP contribution < -0.4 is 4.90 Å². The Morgan fingerprint density at radius 1 is 1.56 bits per heavy atom. The van der Waals surface area contributed by atoms with Gasteiger partial charge in [-0.3, -0.25) is 4.79 Å². The molecule has 1 aromatic heterocycles. The Balaban J connectivity index is 1.89. The molecule has 0 amide bonds. The molecule has 3 rings (SSSR count). The number of rotatable bonds is 3. The Labute approximate surface area is 109 Å². The van der Waals surface area contributed by atoms with Gasteiger partial charge in [0.05, 0.1) is 16.1 Å². The molecule has 0 aliphatic carbocycles. The second-order valence-electron chi connectivity index (χ2n) is 4.55. The molecule has 1 fully saturated rings. The molecule has 18 heavy (non-hydrogen) atoms. The Hall–Kier alpha value is -1.62.